The number of carbonyl (C=O) groups is 1. The summed E-state index contributed by atoms with van der Waals surface area (Å²) >= 11 is 0. The lowest BCUT2D eigenvalue weighted by Crippen LogP contribution is -2.58. The zero-order valence-corrected chi connectivity index (χ0v) is 25.6. The van der Waals surface area contributed by atoms with E-state index in [4.69, 9.17) is 34.0 Å². The van der Waals surface area contributed by atoms with Crippen LogP contribution in [0.2, 0.25) is 0 Å². The maximum absolute atomic E-state index is 12.5. The Labute approximate surface area is 247 Å². The van der Waals surface area contributed by atoms with Gasteiger partial charge in [-0.2, -0.15) is 8.42 Å². The van der Waals surface area contributed by atoms with E-state index in [9.17, 15) is 28.0 Å². The number of azide groups is 1. The molecule has 42 heavy (non-hydrogen) atoms. The van der Waals surface area contributed by atoms with Gasteiger partial charge in [-0.15, -0.1) is 0 Å². The van der Waals surface area contributed by atoms with Gasteiger partial charge in [-0.05, 0) is 31.7 Å². The molecule has 0 radical (unpaired) electrons. The quantitative estimate of drug-likeness (QED) is 0.0349. The molecule has 0 spiro atoms. The summed E-state index contributed by atoms with van der Waals surface area (Å²) in [5.41, 5.74) is 9.06. The molecule has 0 saturated carbocycles. The summed E-state index contributed by atoms with van der Waals surface area (Å²) in [6.45, 7) is 6.63. The average Bonchev–Trinajstić information content (AvgIpc) is 2.94. The summed E-state index contributed by atoms with van der Waals surface area (Å²) in [6.07, 6.45) is -4.22. The van der Waals surface area contributed by atoms with E-state index in [1.807, 2.05) is 20.8 Å². The Morgan fingerprint density at radius 1 is 1.07 bits per heavy atom. The van der Waals surface area contributed by atoms with Gasteiger partial charge in [-0.25, -0.2) is 8.98 Å². The first-order valence-electron chi connectivity index (χ1n) is 14.3. The maximum atomic E-state index is 12.5. The molecule has 1 saturated heterocycles. The van der Waals surface area contributed by atoms with Gasteiger partial charge in [0.15, 0.2) is 12.4 Å². The van der Waals surface area contributed by atoms with E-state index in [-0.39, 0.29) is 19.8 Å². The van der Waals surface area contributed by atoms with Crippen LogP contribution in [-0.4, -0.2) is 118 Å². The largest absolute Gasteiger partial charge is 0.479 e. The number of hydrogen-bond donors (Lipinski definition) is 3. The second-order valence-electron chi connectivity index (χ2n) is 9.77. The van der Waals surface area contributed by atoms with Crippen molar-refractivity contribution in [2.24, 2.45) is 5.11 Å². The number of carboxylic acid groups (broad SMARTS) is 1. The van der Waals surface area contributed by atoms with E-state index in [0.29, 0.717) is 19.4 Å². The molecule has 17 heteroatoms. The number of carboxylic acids is 1. The highest BCUT2D eigenvalue weighted by atomic mass is 32.3. The third kappa shape index (κ3) is 14.2. The van der Waals surface area contributed by atoms with Crippen molar-refractivity contribution in [3.05, 3.63) is 10.4 Å². The first-order chi connectivity index (χ1) is 20.0. The molecule has 0 aliphatic carbocycles. The van der Waals surface area contributed by atoms with Crippen molar-refractivity contribution < 1.29 is 60.6 Å². The Morgan fingerprint density at radius 2 is 1.69 bits per heavy atom. The van der Waals surface area contributed by atoms with E-state index in [0.717, 1.165) is 25.7 Å². The molecule has 246 valence electrons. The lowest BCUT2D eigenvalue weighted by molar-refractivity contribution is -0.280. The van der Waals surface area contributed by atoms with E-state index in [2.05, 4.69) is 14.2 Å². The van der Waals surface area contributed by atoms with Crippen LogP contribution in [0.15, 0.2) is 5.11 Å². The van der Waals surface area contributed by atoms with E-state index in [1.165, 1.54) is 0 Å². The second-order valence-corrected chi connectivity index (χ2v) is 10.9. The van der Waals surface area contributed by atoms with Gasteiger partial charge >= 0.3 is 16.4 Å². The minimum absolute atomic E-state index is 0.101. The molecule has 0 aromatic rings. The number of hydrogen-bond acceptors (Lipinski definition) is 12. The lowest BCUT2D eigenvalue weighted by atomic mass is 9.98. The summed E-state index contributed by atoms with van der Waals surface area (Å²) in [7, 11) is -5.00. The molecule has 1 aliphatic rings. The van der Waals surface area contributed by atoms with Crippen molar-refractivity contribution in [2.45, 2.75) is 115 Å². The molecule has 0 amide bonds. The molecule has 1 rings (SSSR count). The van der Waals surface area contributed by atoms with Crippen LogP contribution in [0, 0.1) is 0 Å². The van der Waals surface area contributed by atoms with Crippen LogP contribution in [0.25, 0.3) is 10.4 Å². The van der Waals surface area contributed by atoms with Gasteiger partial charge in [0.25, 0.3) is 0 Å². The third-order valence-electron chi connectivity index (χ3n) is 6.39. The van der Waals surface area contributed by atoms with Gasteiger partial charge in [0.05, 0.1) is 31.5 Å². The zero-order valence-electron chi connectivity index (χ0n) is 24.8. The molecule has 16 nitrogen and oxygen atoms in total. The molecule has 8 atom stereocenters. The molecular formula is C25H47N3O13S. The summed E-state index contributed by atoms with van der Waals surface area (Å²) in [4.78, 5) is 15.3. The lowest BCUT2D eigenvalue weighted by Gasteiger charge is -2.42. The Bertz CT molecular complexity index is 906. The Hall–Kier alpha value is -1.63. The highest BCUT2D eigenvalue weighted by Gasteiger charge is 2.45. The van der Waals surface area contributed by atoms with Crippen LogP contribution in [0.4, 0.5) is 0 Å². The second kappa shape index (κ2) is 21.1. The Balaban J connectivity index is 3.39. The number of rotatable bonds is 24. The zero-order chi connectivity index (χ0) is 31.5. The SMILES string of the molecule is CCCCOC1[C@H](OC(COS(=O)(=O)O)OC(C(=O)O)[C@@H](OCCCC)[C@H](C)OCCCC)C(CO)OC[C@H]1N=[N+]=[N-]. The van der Waals surface area contributed by atoms with Gasteiger partial charge in [0.2, 0.25) is 0 Å². The number of aliphatic hydroxyl groups excluding tert-OH is 1. The minimum atomic E-state index is -5.00. The van der Waals surface area contributed by atoms with Crippen molar-refractivity contribution in [3.8, 4) is 0 Å². The molecule has 3 N–H and O–H groups in total. The van der Waals surface area contributed by atoms with Crippen molar-refractivity contribution in [2.75, 3.05) is 39.6 Å². The van der Waals surface area contributed by atoms with Crippen LogP contribution in [0.1, 0.15) is 66.2 Å². The summed E-state index contributed by atoms with van der Waals surface area (Å²) in [5, 5.41) is 23.8. The Morgan fingerprint density at radius 3 is 2.24 bits per heavy atom. The summed E-state index contributed by atoms with van der Waals surface area (Å²) < 4.78 is 71.5. The summed E-state index contributed by atoms with van der Waals surface area (Å²) in [5.74, 6) is -1.45. The maximum Gasteiger partial charge on any atom is 0.397 e. The molecule has 0 aromatic heterocycles. The van der Waals surface area contributed by atoms with Crippen molar-refractivity contribution in [1.82, 2.24) is 0 Å². The minimum Gasteiger partial charge on any atom is -0.479 e. The number of aliphatic hydroxyl groups is 1. The van der Waals surface area contributed by atoms with Gasteiger partial charge in [0.1, 0.15) is 24.9 Å². The summed E-state index contributed by atoms with van der Waals surface area (Å²) in [6, 6.07) is -0.893. The monoisotopic (exact) mass is 629 g/mol. The number of unbranched alkanes of at least 4 members (excludes halogenated alkanes) is 3. The van der Waals surface area contributed by atoms with Crippen LogP contribution in [0.5, 0.6) is 0 Å². The van der Waals surface area contributed by atoms with Gasteiger partial charge < -0.3 is 38.6 Å². The standard InChI is InChI=1S/C25H47N3O13S/c1-5-8-11-35-17(4)21(36-12-9-6-2)24(25(30)31)41-20(16-39-42(32,33)34)40-23-19(14-29)38-15-18(27-28-26)22(23)37-13-10-7-3/h17-24,29H,5-16H2,1-4H3,(H,30,31)(H,32,33,34)/t17-,18+,19?,20?,21-,22?,23+,24?/m0/s1. The van der Waals surface area contributed by atoms with Crippen LogP contribution < -0.4 is 0 Å². The topological polar surface area (TPSA) is 225 Å². The van der Waals surface area contributed by atoms with Crippen molar-refractivity contribution in [1.29, 1.82) is 0 Å². The third-order valence-corrected chi connectivity index (χ3v) is 6.82. The van der Waals surface area contributed by atoms with Crippen LogP contribution in [-0.2, 0) is 47.8 Å². The first-order valence-corrected chi connectivity index (χ1v) is 15.7. The van der Waals surface area contributed by atoms with E-state index in [1.54, 1.807) is 6.92 Å². The van der Waals surface area contributed by atoms with Gasteiger partial charge in [-0.3, -0.25) is 4.55 Å². The predicted molar refractivity (Wildman–Crippen MR) is 148 cm³/mol. The highest BCUT2D eigenvalue weighted by Crippen LogP contribution is 2.27. The fourth-order valence-corrected chi connectivity index (χ4v) is 4.39. The molecule has 0 aromatic carbocycles. The first kappa shape index (κ1) is 38.4. The normalized spacial score (nSPS) is 24.0. The van der Waals surface area contributed by atoms with Gasteiger partial charge in [0, 0.05) is 24.7 Å². The average molecular weight is 630 g/mol. The van der Waals surface area contributed by atoms with Crippen molar-refractivity contribution >= 4 is 16.4 Å². The molecule has 1 heterocycles. The highest BCUT2D eigenvalue weighted by molar-refractivity contribution is 7.80. The molecule has 1 fully saturated rings. The van der Waals surface area contributed by atoms with Crippen molar-refractivity contribution in [3.63, 3.8) is 0 Å². The molecule has 4 unspecified atom stereocenters. The number of ether oxygens (including phenoxy) is 6. The molecule has 1 aliphatic heterocycles. The number of nitrogens with zero attached hydrogens (tertiary/aromatic N) is 3. The Kier molecular flexibility index (Phi) is 19.3. The van der Waals surface area contributed by atoms with Crippen LogP contribution in [0.3, 0.4) is 0 Å². The van der Waals surface area contributed by atoms with Gasteiger partial charge in [-0.1, -0.05) is 45.1 Å². The molecule has 0 bridgehead atoms. The molecular weight excluding hydrogens is 582 g/mol. The number of aliphatic carboxylic acids is 1. The van der Waals surface area contributed by atoms with E-state index >= 15 is 0 Å². The van der Waals surface area contributed by atoms with Crippen LogP contribution >= 0.6 is 0 Å². The fraction of sp³-hybridized carbons (Fsp3) is 0.960. The smallest absolute Gasteiger partial charge is 0.397 e. The van der Waals surface area contributed by atoms with E-state index < -0.39 is 78.5 Å². The fourth-order valence-electron chi connectivity index (χ4n) is 4.11. The predicted octanol–water partition coefficient (Wildman–Crippen LogP) is 2.63.